The Balaban J connectivity index is 0.810. The lowest BCUT2D eigenvalue weighted by Crippen LogP contribution is -2.51. The van der Waals surface area contributed by atoms with E-state index >= 15 is 0 Å². The highest BCUT2D eigenvalue weighted by Crippen LogP contribution is 2.47. The van der Waals surface area contributed by atoms with Gasteiger partial charge in [-0.1, -0.05) is 61.2 Å². The fourth-order valence-corrected chi connectivity index (χ4v) is 8.96. The topological polar surface area (TPSA) is 99.2 Å². The summed E-state index contributed by atoms with van der Waals surface area (Å²) in [5, 5.41) is 12.9. The van der Waals surface area contributed by atoms with E-state index in [0.29, 0.717) is 53.9 Å². The summed E-state index contributed by atoms with van der Waals surface area (Å²) in [6.45, 7) is 7.39. The molecule has 8 nitrogen and oxygen atoms in total. The fourth-order valence-electron chi connectivity index (χ4n) is 8.96. The van der Waals surface area contributed by atoms with Crippen molar-refractivity contribution in [3.05, 3.63) is 142 Å². The molecular formula is C45H47N3O5. The van der Waals surface area contributed by atoms with Crippen LogP contribution in [0.5, 0.6) is 11.5 Å². The van der Waals surface area contributed by atoms with E-state index in [1.807, 2.05) is 24.3 Å². The third-order valence-corrected chi connectivity index (χ3v) is 11.9. The van der Waals surface area contributed by atoms with E-state index in [4.69, 9.17) is 4.74 Å². The number of phenols is 1. The number of aromatic hydroxyl groups is 1. The minimum absolute atomic E-state index is 0.217. The summed E-state index contributed by atoms with van der Waals surface area (Å²) >= 11 is 0. The lowest BCUT2D eigenvalue weighted by Gasteiger charge is -2.35. The summed E-state index contributed by atoms with van der Waals surface area (Å²) in [5.74, 6) is 1.30. The standard InChI is InChI=1S/C45H47N3O5/c1-29-7-20-41(43(50)46-29)48-44(51)39-17-10-31(27-40(39)45(48)52)9-8-30-21-23-47(24-22-30)25-26-53-36-15-11-33(12-16-36)42-37(32-5-3-2-4-6-32)18-13-34-28-35(49)14-19-38(34)42/h2-6,10-12,14-17,19,27-28,30,37,41-42,49H,1,7-9,13,18,20-26H2,(H,46,50)/t37-,41?,42+/m0/s1. The Morgan fingerprint density at radius 2 is 1.57 bits per heavy atom. The second-order valence-electron chi connectivity index (χ2n) is 15.2. The number of benzene rings is 4. The number of carbonyl (C=O) groups excluding carboxylic acids is 3. The monoisotopic (exact) mass is 709 g/mol. The average molecular weight is 710 g/mol. The second-order valence-corrected chi connectivity index (χ2v) is 15.2. The van der Waals surface area contributed by atoms with Gasteiger partial charge in [-0.3, -0.25) is 24.2 Å². The summed E-state index contributed by atoms with van der Waals surface area (Å²) in [4.78, 5) is 42.5. The lowest BCUT2D eigenvalue weighted by molar-refractivity contribution is -0.125. The number of imide groups is 1. The first kappa shape index (κ1) is 34.9. The fraction of sp³-hybridized carbons (Fsp3) is 0.356. The van der Waals surface area contributed by atoms with Gasteiger partial charge in [0, 0.05) is 18.2 Å². The number of hydrogen-bond acceptors (Lipinski definition) is 6. The number of amides is 3. The highest BCUT2D eigenvalue weighted by molar-refractivity contribution is 6.23. The predicted molar refractivity (Wildman–Crippen MR) is 204 cm³/mol. The molecule has 272 valence electrons. The number of ether oxygens (including phenoxy) is 1. The molecule has 8 rings (SSSR count). The highest BCUT2D eigenvalue weighted by Gasteiger charge is 2.44. The van der Waals surface area contributed by atoms with Gasteiger partial charge in [-0.2, -0.15) is 0 Å². The lowest BCUT2D eigenvalue weighted by atomic mass is 9.69. The van der Waals surface area contributed by atoms with Crippen molar-refractivity contribution in [1.82, 2.24) is 15.1 Å². The number of nitrogens with zero attached hydrogens (tertiary/aromatic N) is 2. The molecule has 4 aliphatic rings. The molecule has 8 heteroatoms. The predicted octanol–water partition coefficient (Wildman–Crippen LogP) is 7.37. The molecule has 0 bridgehead atoms. The molecule has 53 heavy (non-hydrogen) atoms. The Kier molecular flexibility index (Phi) is 9.88. The molecule has 1 unspecified atom stereocenters. The zero-order valence-corrected chi connectivity index (χ0v) is 30.1. The van der Waals surface area contributed by atoms with Crippen LogP contribution in [0.2, 0.25) is 0 Å². The molecular weight excluding hydrogens is 663 g/mol. The van der Waals surface area contributed by atoms with Crippen LogP contribution in [0.3, 0.4) is 0 Å². The van der Waals surface area contributed by atoms with Crippen molar-refractivity contribution in [3.8, 4) is 11.5 Å². The van der Waals surface area contributed by atoms with E-state index < -0.39 is 6.04 Å². The largest absolute Gasteiger partial charge is 0.508 e. The molecule has 0 aromatic heterocycles. The molecule has 0 radical (unpaired) electrons. The van der Waals surface area contributed by atoms with Crippen LogP contribution in [-0.4, -0.2) is 64.9 Å². The number of carbonyl (C=O) groups is 3. The van der Waals surface area contributed by atoms with Gasteiger partial charge in [0.2, 0.25) is 5.91 Å². The van der Waals surface area contributed by atoms with Gasteiger partial charge in [0.1, 0.15) is 24.1 Å². The number of phenolic OH excluding ortho intramolecular Hbond substituents is 1. The third-order valence-electron chi connectivity index (χ3n) is 11.9. The first-order valence-corrected chi connectivity index (χ1v) is 19.1. The molecule has 2 N–H and O–H groups in total. The molecule has 2 saturated heterocycles. The van der Waals surface area contributed by atoms with Crippen molar-refractivity contribution in [2.45, 2.75) is 69.2 Å². The molecule has 4 aromatic carbocycles. The van der Waals surface area contributed by atoms with Crippen molar-refractivity contribution in [3.63, 3.8) is 0 Å². The summed E-state index contributed by atoms with van der Waals surface area (Å²) in [6, 6.07) is 30.0. The van der Waals surface area contributed by atoms with E-state index in [1.54, 1.807) is 6.07 Å². The van der Waals surface area contributed by atoms with E-state index in [2.05, 4.69) is 77.5 Å². The number of hydrogen-bond donors (Lipinski definition) is 2. The van der Waals surface area contributed by atoms with Crippen LogP contribution in [0, 0.1) is 5.92 Å². The normalized spacial score (nSPS) is 22.0. The third kappa shape index (κ3) is 7.25. The van der Waals surface area contributed by atoms with Gasteiger partial charge < -0.3 is 15.2 Å². The SMILES string of the molecule is C=C1CCC(N2C(=O)c3ccc(CCC4CCN(CCOc5ccc([C@H]6c7ccc(O)cc7CC[C@H]6c6ccccc6)cc5)CC4)cc3C2=O)C(=O)N1. The average Bonchev–Trinajstić information content (AvgIpc) is 3.42. The molecule has 1 aliphatic carbocycles. The quantitative estimate of drug-likeness (QED) is 0.167. The van der Waals surface area contributed by atoms with Gasteiger partial charge in [-0.05, 0) is 141 Å². The maximum absolute atomic E-state index is 13.3. The maximum atomic E-state index is 13.3. The number of rotatable bonds is 10. The first-order chi connectivity index (χ1) is 25.8. The Bertz CT molecular complexity index is 2020. The number of nitrogens with one attached hydrogen (secondary N) is 1. The van der Waals surface area contributed by atoms with Crippen molar-refractivity contribution < 1.29 is 24.2 Å². The second kappa shape index (κ2) is 15.0. The van der Waals surface area contributed by atoms with Crippen LogP contribution in [0.1, 0.15) is 98.9 Å². The summed E-state index contributed by atoms with van der Waals surface area (Å²) in [5.41, 5.74) is 7.61. The first-order valence-electron chi connectivity index (χ1n) is 19.1. The number of allylic oxidation sites excluding steroid dienone is 1. The van der Waals surface area contributed by atoms with Crippen molar-refractivity contribution >= 4 is 17.7 Å². The smallest absolute Gasteiger partial charge is 0.262 e. The van der Waals surface area contributed by atoms with Crippen LogP contribution in [0.15, 0.2) is 103 Å². The zero-order valence-electron chi connectivity index (χ0n) is 30.1. The van der Waals surface area contributed by atoms with E-state index in [9.17, 15) is 19.5 Å². The molecule has 3 aliphatic heterocycles. The summed E-state index contributed by atoms with van der Waals surface area (Å²) in [7, 11) is 0. The van der Waals surface area contributed by atoms with E-state index in [0.717, 1.165) is 74.4 Å². The van der Waals surface area contributed by atoms with Gasteiger partial charge in [-0.15, -0.1) is 0 Å². The Morgan fingerprint density at radius 1 is 0.792 bits per heavy atom. The van der Waals surface area contributed by atoms with Crippen LogP contribution in [0.4, 0.5) is 0 Å². The minimum Gasteiger partial charge on any atom is -0.508 e. The van der Waals surface area contributed by atoms with E-state index in [1.165, 1.54) is 22.3 Å². The van der Waals surface area contributed by atoms with Gasteiger partial charge in [-0.25, -0.2) is 0 Å². The summed E-state index contributed by atoms with van der Waals surface area (Å²) in [6.07, 6.45) is 7.08. The molecule has 4 aromatic rings. The molecule has 2 fully saturated rings. The maximum Gasteiger partial charge on any atom is 0.262 e. The molecule has 3 atom stereocenters. The minimum atomic E-state index is -0.789. The molecule has 0 saturated carbocycles. The van der Waals surface area contributed by atoms with Gasteiger partial charge in [0.15, 0.2) is 0 Å². The van der Waals surface area contributed by atoms with Crippen molar-refractivity contribution in [2.75, 3.05) is 26.2 Å². The van der Waals surface area contributed by atoms with Gasteiger partial charge in [0.25, 0.3) is 11.8 Å². The Morgan fingerprint density at radius 3 is 2.34 bits per heavy atom. The zero-order chi connectivity index (χ0) is 36.5. The molecule has 0 spiro atoms. The van der Waals surface area contributed by atoms with E-state index in [-0.39, 0.29) is 23.6 Å². The molecule has 3 heterocycles. The summed E-state index contributed by atoms with van der Waals surface area (Å²) < 4.78 is 6.23. The number of piperidine rings is 2. The number of fused-ring (bicyclic) bond motifs is 2. The number of aryl methyl sites for hydroxylation is 2. The Labute approximate surface area is 311 Å². The Hall–Kier alpha value is -5.21. The van der Waals surface area contributed by atoms with Crippen molar-refractivity contribution in [1.29, 1.82) is 0 Å². The van der Waals surface area contributed by atoms with Crippen LogP contribution in [-0.2, 0) is 17.6 Å². The van der Waals surface area contributed by atoms with Gasteiger partial charge >= 0.3 is 0 Å². The van der Waals surface area contributed by atoms with Crippen LogP contribution < -0.4 is 10.1 Å². The van der Waals surface area contributed by atoms with Gasteiger partial charge in [0.05, 0.1) is 11.1 Å². The molecule has 3 amide bonds. The highest BCUT2D eigenvalue weighted by atomic mass is 16.5. The van der Waals surface area contributed by atoms with Crippen molar-refractivity contribution in [2.24, 2.45) is 5.92 Å². The number of likely N-dealkylation sites (tertiary alicyclic amines) is 1. The van der Waals surface area contributed by atoms with Crippen LogP contribution in [0.25, 0.3) is 0 Å². The van der Waals surface area contributed by atoms with Crippen LogP contribution >= 0.6 is 0 Å².